The maximum absolute atomic E-state index is 12.9. The van der Waals surface area contributed by atoms with Crippen molar-refractivity contribution in [2.45, 2.75) is 51.6 Å². The quantitative estimate of drug-likeness (QED) is 0.849. The molecule has 21 heavy (non-hydrogen) atoms. The average molecular weight is 285 g/mol. The van der Waals surface area contributed by atoms with Crippen molar-refractivity contribution in [3.63, 3.8) is 0 Å². The maximum Gasteiger partial charge on any atom is 0.255 e. The molecule has 0 saturated carbocycles. The molecule has 2 unspecified atom stereocenters. The van der Waals surface area contributed by atoms with Crippen LogP contribution >= 0.6 is 0 Å². The van der Waals surface area contributed by atoms with Crippen molar-refractivity contribution >= 4 is 5.91 Å². The monoisotopic (exact) mass is 285 g/mol. The van der Waals surface area contributed by atoms with Crippen molar-refractivity contribution in [1.82, 2.24) is 4.90 Å². The number of aliphatic hydroxyl groups excluding tert-OH is 1. The summed E-state index contributed by atoms with van der Waals surface area (Å²) in [6, 6.07) is 8.04. The van der Waals surface area contributed by atoms with E-state index in [0.29, 0.717) is 12.0 Å². The Morgan fingerprint density at radius 2 is 1.95 bits per heavy atom. The number of hydrogen-bond acceptors (Lipinski definition) is 2. The largest absolute Gasteiger partial charge is 0.395 e. The number of benzene rings is 1. The summed E-state index contributed by atoms with van der Waals surface area (Å²) in [5.74, 6) is 5.98. The van der Waals surface area contributed by atoms with E-state index in [2.05, 4.69) is 25.7 Å². The molecule has 3 nitrogen and oxygen atoms in total. The number of aliphatic hydroxyl groups is 1. The van der Waals surface area contributed by atoms with Gasteiger partial charge in [-0.05, 0) is 45.2 Å². The Morgan fingerprint density at radius 3 is 2.62 bits per heavy atom. The molecule has 1 saturated heterocycles. The molecule has 0 aliphatic carbocycles. The number of hydrogen-bond donors (Lipinski definition) is 1. The molecule has 1 heterocycles. The van der Waals surface area contributed by atoms with E-state index >= 15 is 0 Å². The van der Waals surface area contributed by atoms with Gasteiger partial charge < -0.3 is 10.0 Å². The highest BCUT2D eigenvalue weighted by atomic mass is 16.2. The molecule has 0 spiro atoms. The summed E-state index contributed by atoms with van der Waals surface area (Å²) in [6.45, 7) is 4.28. The molecular weight excluding hydrogens is 262 g/mol. The average Bonchev–Trinajstić information content (AvgIpc) is 2.47. The first kappa shape index (κ1) is 15.6. The summed E-state index contributed by atoms with van der Waals surface area (Å²) in [5, 5.41) is 8.82. The van der Waals surface area contributed by atoms with Gasteiger partial charge in [-0.2, -0.15) is 0 Å². The second-order valence-corrected chi connectivity index (χ2v) is 5.66. The van der Waals surface area contributed by atoms with Gasteiger partial charge >= 0.3 is 0 Å². The Kier molecular flexibility index (Phi) is 5.41. The van der Waals surface area contributed by atoms with Crippen molar-refractivity contribution in [1.29, 1.82) is 0 Å². The molecule has 1 N–H and O–H groups in total. The fourth-order valence-corrected chi connectivity index (χ4v) is 2.95. The molecule has 1 aliphatic heterocycles. The number of carbonyl (C=O) groups is 1. The lowest BCUT2D eigenvalue weighted by atomic mass is 9.95. The minimum absolute atomic E-state index is 0.0449. The summed E-state index contributed by atoms with van der Waals surface area (Å²) in [6.07, 6.45) is 3.74. The van der Waals surface area contributed by atoms with Gasteiger partial charge in [0.15, 0.2) is 0 Å². The third kappa shape index (κ3) is 3.65. The van der Waals surface area contributed by atoms with Crippen LogP contribution in [0.5, 0.6) is 0 Å². The number of amides is 1. The lowest BCUT2D eigenvalue weighted by Crippen LogP contribution is -2.47. The van der Waals surface area contributed by atoms with Crippen molar-refractivity contribution in [2.75, 3.05) is 6.61 Å². The molecule has 1 aromatic carbocycles. The van der Waals surface area contributed by atoms with Crippen LogP contribution < -0.4 is 0 Å². The second kappa shape index (κ2) is 7.28. The fraction of sp³-hybridized carbons (Fsp3) is 0.500. The Hall–Kier alpha value is -1.79. The van der Waals surface area contributed by atoms with Crippen LogP contribution in [-0.2, 0) is 0 Å². The standard InChI is InChI=1S/C18H23NO2/c1-14-8-7-9-15(2)19(14)18(21)17-12-4-3-10-16(17)11-5-6-13-20/h3-4,10,12,14-15,20H,6-9,13H2,1-2H3. The molecule has 2 atom stereocenters. The molecule has 1 aromatic rings. The lowest BCUT2D eigenvalue weighted by molar-refractivity contribution is 0.0510. The number of nitrogens with zero attached hydrogens (tertiary/aromatic N) is 1. The van der Waals surface area contributed by atoms with Gasteiger partial charge in [0.2, 0.25) is 0 Å². The van der Waals surface area contributed by atoms with E-state index in [1.807, 2.05) is 29.2 Å². The van der Waals surface area contributed by atoms with Crippen LogP contribution in [0.2, 0.25) is 0 Å². The number of carbonyl (C=O) groups excluding carboxylic acids is 1. The Morgan fingerprint density at radius 1 is 1.29 bits per heavy atom. The SMILES string of the molecule is CC1CCCC(C)N1C(=O)c1ccccc1C#CCCO. The predicted octanol–water partition coefficient (Wildman–Crippen LogP) is 2.82. The zero-order valence-electron chi connectivity index (χ0n) is 12.8. The molecule has 2 rings (SSSR count). The van der Waals surface area contributed by atoms with E-state index in [4.69, 9.17) is 5.11 Å². The van der Waals surface area contributed by atoms with Gasteiger partial charge in [0.25, 0.3) is 5.91 Å². The van der Waals surface area contributed by atoms with Crippen LogP contribution in [0.15, 0.2) is 24.3 Å². The van der Waals surface area contributed by atoms with Crippen LogP contribution in [0.4, 0.5) is 0 Å². The minimum Gasteiger partial charge on any atom is -0.395 e. The fourth-order valence-electron chi connectivity index (χ4n) is 2.95. The number of rotatable bonds is 2. The van der Waals surface area contributed by atoms with Crippen molar-refractivity contribution < 1.29 is 9.90 Å². The first-order valence-corrected chi connectivity index (χ1v) is 7.66. The molecule has 0 radical (unpaired) electrons. The van der Waals surface area contributed by atoms with Gasteiger partial charge in [-0.3, -0.25) is 4.79 Å². The van der Waals surface area contributed by atoms with Crippen LogP contribution in [-0.4, -0.2) is 34.6 Å². The smallest absolute Gasteiger partial charge is 0.255 e. The van der Waals surface area contributed by atoms with E-state index < -0.39 is 0 Å². The van der Waals surface area contributed by atoms with E-state index in [1.165, 1.54) is 6.42 Å². The van der Waals surface area contributed by atoms with Crippen LogP contribution in [0.25, 0.3) is 0 Å². The summed E-state index contributed by atoms with van der Waals surface area (Å²) in [4.78, 5) is 14.9. The zero-order chi connectivity index (χ0) is 15.2. The Labute approximate surface area is 127 Å². The van der Waals surface area contributed by atoms with Gasteiger partial charge in [-0.25, -0.2) is 0 Å². The molecule has 0 bridgehead atoms. The number of piperidine rings is 1. The third-order valence-corrected chi connectivity index (χ3v) is 4.05. The van der Waals surface area contributed by atoms with Gasteiger partial charge in [0.05, 0.1) is 12.2 Å². The number of likely N-dealkylation sites (tertiary alicyclic amines) is 1. The maximum atomic E-state index is 12.9. The van der Waals surface area contributed by atoms with Gasteiger partial charge in [0.1, 0.15) is 0 Å². The van der Waals surface area contributed by atoms with Crippen LogP contribution in [0.1, 0.15) is 55.5 Å². The van der Waals surface area contributed by atoms with E-state index in [-0.39, 0.29) is 24.6 Å². The normalized spacial score (nSPS) is 21.6. The molecule has 1 aliphatic rings. The topological polar surface area (TPSA) is 40.5 Å². The van der Waals surface area contributed by atoms with Crippen molar-refractivity contribution in [2.24, 2.45) is 0 Å². The molecule has 3 heteroatoms. The van der Waals surface area contributed by atoms with Crippen LogP contribution in [0.3, 0.4) is 0 Å². The summed E-state index contributed by atoms with van der Waals surface area (Å²) in [5.41, 5.74) is 1.42. The van der Waals surface area contributed by atoms with Crippen molar-refractivity contribution in [3.05, 3.63) is 35.4 Å². The highest BCUT2D eigenvalue weighted by Gasteiger charge is 2.30. The third-order valence-electron chi connectivity index (χ3n) is 4.05. The first-order valence-electron chi connectivity index (χ1n) is 7.66. The highest BCUT2D eigenvalue weighted by Crippen LogP contribution is 2.25. The van der Waals surface area contributed by atoms with E-state index in [1.54, 1.807) is 0 Å². The summed E-state index contributed by atoms with van der Waals surface area (Å²) >= 11 is 0. The first-order chi connectivity index (χ1) is 10.1. The molecule has 1 amide bonds. The van der Waals surface area contributed by atoms with Gasteiger partial charge in [-0.15, -0.1) is 0 Å². The molecule has 112 valence electrons. The van der Waals surface area contributed by atoms with Crippen molar-refractivity contribution in [3.8, 4) is 11.8 Å². The Balaban J connectivity index is 2.29. The second-order valence-electron chi connectivity index (χ2n) is 5.66. The molecule has 0 aromatic heterocycles. The predicted molar refractivity (Wildman–Crippen MR) is 84.0 cm³/mol. The Bertz CT molecular complexity index is 546. The highest BCUT2D eigenvalue weighted by molar-refractivity contribution is 5.97. The van der Waals surface area contributed by atoms with Gasteiger partial charge in [-0.1, -0.05) is 24.0 Å². The molecular formula is C18H23NO2. The minimum atomic E-state index is 0.0449. The van der Waals surface area contributed by atoms with E-state index in [9.17, 15) is 4.79 Å². The van der Waals surface area contributed by atoms with Gasteiger partial charge in [0, 0.05) is 24.1 Å². The summed E-state index contributed by atoms with van der Waals surface area (Å²) < 4.78 is 0. The summed E-state index contributed by atoms with van der Waals surface area (Å²) in [7, 11) is 0. The molecule has 1 fully saturated rings. The zero-order valence-corrected chi connectivity index (χ0v) is 12.8. The lowest BCUT2D eigenvalue weighted by Gasteiger charge is -2.39. The van der Waals surface area contributed by atoms with Crippen LogP contribution in [0, 0.1) is 11.8 Å². The van der Waals surface area contributed by atoms with E-state index in [0.717, 1.165) is 18.4 Å².